The monoisotopic (exact) mass is 402 g/mol. The molecule has 21 heavy (non-hydrogen) atoms. The zero-order valence-electron chi connectivity index (χ0n) is 12.8. The number of anilines is 1. The number of hydrogen-bond donors (Lipinski definition) is 2. The Morgan fingerprint density at radius 1 is 1.33 bits per heavy atom. The summed E-state index contributed by atoms with van der Waals surface area (Å²) in [6.07, 6.45) is 5.04. The number of nitrogens with one attached hydrogen (secondary N) is 1. The van der Waals surface area contributed by atoms with Crippen LogP contribution in [0.4, 0.5) is 5.69 Å². The van der Waals surface area contributed by atoms with Crippen LogP contribution >= 0.6 is 24.0 Å². The van der Waals surface area contributed by atoms with Gasteiger partial charge < -0.3 is 16.0 Å². The number of aliphatic imine (C=N–C) groups is 1. The van der Waals surface area contributed by atoms with E-state index in [1.165, 1.54) is 24.9 Å². The number of para-hydroxylation sites is 1. The number of guanidine groups is 1. The molecular weight excluding hydrogens is 375 g/mol. The number of benzene rings is 1. The molecule has 4 nitrogen and oxygen atoms in total. The lowest BCUT2D eigenvalue weighted by atomic mass is 9.86. The molecule has 3 N–H and O–H groups in total. The highest BCUT2D eigenvalue weighted by Crippen LogP contribution is 2.26. The van der Waals surface area contributed by atoms with E-state index >= 15 is 0 Å². The summed E-state index contributed by atoms with van der Waals surface area (Å²) in [5, 5.41) is 3.19. The summed E-state index contributed by atoms with van der Waals surface area (Å²) in [5.74, 6) is 1.37. The largest absolute Gasteiger partial charge is 0.375 e. The molecule has 0 heterocycles. The molecule has 0 amide bonds. The van der Waals surface area contributed by atoms with Crippen LogP contribution in [0.5, 0.6) is 0 Å². The van der Waals surface area contributed by atoms with Crippen molar-refractivity contribution in [2.24, 2.45) is 16.6 Å². The summed E-state index contributed by atoms with van der Waals surface area (Å²) in [7, 11) is 2.11. The predicted molar refractivity (Wildman–Crippen MR) is 102 cm³/mol. The molecule has 1 aliphatic rings. The summed E-state index contributed by atoms with van der Waals surface area (Å²) in [4.78, 5) is 6.64. The Morgan fingerprint density at radius 3 is 2.67 bits per heavy atom. The third kappa shape index (κ3) is 6.54. The first kappa shape index (κ1) is 18.1. The minimum Gasteiger partial charge on any atom is -0.375 e. The molecule has 0 bridgehead atoms. The molecule has 1 fully saturated rings. The van der Waals surface area contributed by atoms with Crippen molar-refractivity contribution >= 4 is 35.6 Å². The Labute approximate surface area is 145 Å². The second kappa shape index (κ2) is 9.87. The lowest BCUT2D eigenvalue weighted by Gasteiger charge is -2.23. The fourth-order valence-corrected chi connectivity index (χ4v) is 2.30. The summed E-state index contributed by atoms with van der Waals surface area (Å²) in [6.45, 7) is 2.77. The molecule has 5 heteroatoms. The molecule has 118 valence electrons. The van der Waals surface area contributed by atoms with E-state index in [2.05, 4.69) is 46.5 Å². The van der Waals surface area contributed by atoms with Gasteiger partial charge in [0.2, 0.25) is 0 Å². The first-order valence-corrected chi connectivity index (χ1v) is 7.55. The molecule has 1 saturated carbocycles. The Balaban J connectivity index is 0.00000220. The minimum atomic E-state index is 0. The SMILES string of the molecule is CN(CCCNC(N)=NCC1CCC1)c1ccccc1.I. The number of nitrogens with zero attached hydrogens (tertiary/aromatic N) is 2. The van der Waals surface area contributed by atoms with E-state index in [1.54, 1.807) is 0 Å². The maximum Gasteiger partial charge on any atom is 0.188 e. The van der Waals surface area contributed by atoms with Gasteiger partial charge in [0, 0.05) is 32.4 Å². The van der Waals surface area contributed by atoms with Crippen molar-refractivity contribution in [2.75, 3.05) is 31.6 Å². The lowest BCUT2D eigenvalue weighted by molar-refractivity contribution is 0.326. The summed E-state index contributed by atoms with van der Waals surface area (Å²) in [6, 6.07) is 10.4. The summed E-state index contributed by atoms with van der Waals surface area (Å²) in [5.41, 5.74) is 7.10. The van der Waals surface area contributed by atoms with Crippen LogP contribution in [-0.2, 0) is 0 Å². The topological polar surface area (TPSA) is 53.6 Å². The molecular formula is C16H27IN4. The quantitative estimate of drug-likeness (QED) is 0.319. The van der Waals surface area contributed by atoms with Gasteiger partial charge in [0.05, 0.1) is 0 Å². The van der Waals surface area contributed by atoms with Gasteiger partial charge in [-0.1, -0.05) is 24.6 Å². The van der Waals surface area contributed by atoms with E-state index in [1.807, 2.05) is 6.07 Å². The Bertz CT molecular complexity index is 418. The molecule has 0 aliphatic heterocycles. The molecule has 2 rings (SSSR count). The van der Waals surface area contributed by atoms with Gasteiger partial charge in [0.15, 0.2) is 5.96 Å². The fraction of sp³-hybridized carbons (Fsp3) is 0.562. The van der Waals surface area contributed by atoms with E-state index in [4.69, 9.17) is 5.73 Å². The first-order valence-electron chi connectivity index (χ1n) is 7.55. The number of halogens is 1. The highest BCUT2D eigenvalue weighted by Gasteiger charge is 2.16. The predicted octanol–water partition coefficient (Wildman–Crippen LogP) is 2.84. The highest BCUT2D eigenvalue weighted by atomic mass is 127. The van der Waals surface area contributed by atoms with Crippen LogP contribution in [0.25, 0.3) is 0 Å². The van der Waals surface area contributed by atoms with Crippen molar-refractivity contribution in [2.45, 2.75) is 25.7 Å². The van der Waals surface area contributed by atoms with Crippen molar-refractivity contribution in [1.29, 1.82) is 0 Å². The Kier molecular flexibility index (Phi) is 8.49. The fourth-order valence-electron chi connectivity index (χ4n) is 2.30. The smallest absolute Gasteiger partial charge is 0.188 e. The van der Waals surface area contributed by atoms with Crippen molar-refractivity contribution < 1.29 is 0 Å². The molecule has 0 atom stereocenters. The average molecular weight is 402 g/mol. The number of rotatable bonds is 7. The molecule has 1 aromatic rings. The third-order valence-corrected chi connectivity index (χ3v) is 3.92. The van der Waals surface area contributed by atoms with Crippen LogP contribution < -0.4 is 16.0 Å². The van der Waals surface area contributed by atoms with Crippen LogP contribution in [0.2, 0.25) is 0 Å². The van der Waals surface area contributed by atoms with Crippen LogP contribution in [0.1, 0.15) is 25.7 Å². The third-order valence-electron chi connectivity index (χ3n) is 3.92. The van der Waals surface area contributed by atoms with Gasteiger partial charge in [-0.05, 0) is 37.3 Å². The first-order chi connectivity index (χ1) is 9.75. The van der Waals surface area contributed by atoms with Crippen molar-refractivity contribution in [3.63, 3.8) is 0 Å². The minimum absolute atomic E-state index is 0. The van der Waals surface area contributed by atoms with Gasteiger partial charge in [-0.2, -0.15) is 0 Å². The van der Waals surface area contributed by atoms with Gasteiger partial charge >= 0.3 is 0 Å². The zero-order valence-corrected chi connectivity index (χ0v) is 15.1. The average Bonchev–Trinajstić information content (AvgIpc) is 2.42. The van der Waals surface area contributed by atoms with Crippen LogP contribution in [-0.4, -0.2) is 32.6 Å². The Hall–Kier alpha value is -0.980. The molecule has 0 saturated heterocycles. The van der Waals surface area contributed by atoms with E-state index in [0.29, 0.717) is 5.96 Å². The van der Waals surface area contributed by atoms with Crippen LogP contribution in [0.3, 0.4) is 0 Å². The maximum atomic E-state index is 5.85. The second-order valence-electron chi connectivity index (χ2n) is 5.56. The van der Waals surface area contributed by atoms with E-state index in [-0.39, 0.29) is 24.0 Å². The number of hydrogen-bond acceptors (Lipinski definition) is 2. The van der Waals surface area contributed by atoms with E-state index in [9.17, 15) is 0 Å². The normalized spacial score (nSPS) is 15.0. The van der Waals surface area contributed by atoms with Gasteiger partial charge in [0.25, 0.3) is 0 Å². The van der Waals surface area contributed by atoms with E-state index < -0.39 is 0 Å². The summed E-state index contributed by atoms with van der Waals surface area (Å²) >= 11 is 0. The maximum absolute atomic E-state index is 5.85. The molecule has 1 aromatic carbocycles. The second-order valence-corrected chi connectivity index (χ2v) is 5.56. The van der Waals surface area contributed by atoms with Crippen molar-refractivity contribution in [3.05, 3.63) is 30.3 Å². The number of nitrogens with two attached hydrogens (primary N) is 1. The molecule has 0 aromatic heterocycles. The van der Waals surface area contributed by atoms with Gasteiger partial charge in [-0.25, -0.2) is 0 Å². The zero-order chi connectivity index (χ0) is 14.2. The molecule has 0 spiro atoms. The van der Waals surface area contributed by atoms with Crippen LogP contribution in [0, 0.1) is 5.92 Å². The van der Waals surface area contributed by atoms with Gasteiger partial charge in [0.1, 0.15) is 0 Å². The van der Waals surface area contributed by atoms with E-state index in [0.717, 1.165) is 32.0 Å². The van der Waals surface area contributed by atoms with Gasteiger partial charge in [-0.3, -0.25) is 4.99 Å². The lowest BCUT2D eigenvalue weighted by Crippen LogP contribution is -2.34. The molecule has 0 unspecified atom stereocenters. The van der Waals surface area contributed by atoms with Gasteiger partial charge in [-0.15, -0.1) is 24.0 Å². The summed E-state index contributed by atoms with van der Waals surface area (Å²) < 4.78 is 0. The van der Waals surface area contributed by atoms with Crippen LogP contribution in [0.15, 0.2) is 35.3 Å². The van der Waals surface area contributed by atoms with Crippen molar-refractivity contribution in [1.82, 2.24) is 5.32 Å². The molecule has 0 radical (unpaired) electrons. The molecule has 1 aliphatic carbocycles. The highest BCUT2D eigenvalue weighted by molar-refractivity contribution is 14.0. The standard InChI is InChI=1S/C16H26N4.HI/c1-20(15-9-3-2-4-10-15)12-6-11-18-16(17)19-13-14-7-5-8-14;/h2-4,9-10,14H,5-8,11-13H2,1H3,(H3,17,18,19);1H. The van der Waals surface area contributed by atoms with Crippen molar-refractivity contribution in [3.8, 4) is 0 Å². The Morgan fingerprint density at radius 2 is 2.05 bits per heavy atom.